The molecule has 2 atom stereocenters. The van der Waals surface area contributed by atoms with E-state index in [9.17, 15) is 19.1 Å². The number of carboxylic acid groups (broad SMARTS) is 1. The van der Waals surface area contributed by atoms with Gasteiger partial charge in [-0.1, -0.05) is 13.0 Å². The van der Waals surface area contributed by atoms with Gasteiger partial charge in [0.25, 0.3) is 0 Å². The van der Waals surface area contributed by atoms with E-state index in [4.69, 9.17) is 0 Å². The Bertz CT molecular complexity index is 676. The molecule has 2 heterocycles. The minimum atomic E-state index is -0.875. The minimum absolute atomic E-state index is 0.0972. The summed E-state index contributed by atoms with van der Waals surface area (Å²) in [6.07, 6.45) is 2.75. The molecule has 0 spiro atoms. The molecule has 0 saturated carbocycles. The van der Waals surface area contributed by atoms with Gasteiger partial charge >= 0.3 is 12.0 Å². The molecule has 1 aromatic rings. The van der Waals surface area contributed by atoms with Crippen LogP contribution in [0.4, 0.5) is 14.9 Å². The van der Waals surface area contributed by atoms with E-state index < -0.39 is 11.9 Å². The van der Waals surface area contributed by atoms with Gasteiger partial charge in [-0.05, 0) is 37.3 Å². The van der Waals surface area contributed by atoms with Crippen molar-refractivity contribution in [3.8, 4) is 0 Å². The van der Waals surface area contributed by atoms with Gasteiger partial charge in [0.1, 0.15) is 5.82 Å². The Kier molecular flexibility index (Phi) is 5.64. The van der Waals surface area contributed by atoms with E-state index in [-0.39, 0.29) is 30.9 Å². The molecule has 2 unspecified atom stereocenters. The van der Waals surface area contributed by atoms with Crippen LogP contribution in [-0.4, -0.2) is 48.2 Å². The highest BCUT2D eigenvalue weighted by Gasteiger charge is 2.32. The number of likely N-dealkylation sites (tertiary alicyclic amines) is 1. The lowest BCUT2D eigenvalue weighted by molar-refractivity contribution is -0.143. The molecule has 6 nitrogen and oxygen atoms in total. The molecule has 0 aliphatic carbocycles. The number of aliphatic carboxylic acids is 1. The molecule has 3 rings (SSSR count). The van der Waals surface area contributed by atoms with Gasteiger partial charge in [-0.25, -0.2) is 9.18 Å². The van der Waals surface area contributed by atoms with Gasteiger partial charge in [-0.2, -0.15) is 0 Å². The molecule has 0 bridgehead atoms. The van der Waals surface area contributed by atoms with Crippen molar-refractivity contribution in [1.82, 2.24) is 10.2 Å². The number of amides is 2. The number of carboxylic acids is 1. The first kappa shape index (κ1) is 18.5. The third-order valence-electron chi connectivity index (χ3n) is 5.25. The van der Waals surface area contributed by atoms with Gasteiger partial charge in [0.15, 0.2) is 0 Å². The maximum atomic E-state index is 14.4. The van der Waals surface area contributed by atoms with Crippen molar-refractivity contribution in [1.29, 1.82) is 0 Å². The summed E-state index contributed by atoms with van der Waals surface area (Å²) < 4.78 is 14.4. The third kappa shape index (κ3) is 4.08. The van der Waals surface area contributed by atoms with E-state index in [0.29, 0.717) is 18.5 Å². The van der Waals surface area contributed by atoms with E-state index in [1.807, 2.05) is 13.0 Å². The molecule has 0 radical (unpaired) electrons. The summed E-state index contributed by atoms with van der Waals surface area (Å²) >= 11 is 0. The minimum Gasteiger partial charge on any atom is -0.481 e. The van der Waals surface area contributed by atoms with E-state index in [0.717, 1.165) is 31.6 Å². The van der Waals surface area contributed by atoms with Gasteiger partial charge in [0.05, 0.1) is 5.92 Å². The molecule has 2 aliphatic rings. The van der Waals surface area contributed by atoms with Crippen LogP contribution in [0.5, 0.6) is 0 Å². The van der Waals surface area contributed by atoms with Crippen LogP contribution >= 0.6 is 0 Å². The Morgan fingerprint density at radius 2 is 2.00 bits per heavy atom. The maximum absolute atomic E-state index is 14.4. The Morgan fingerprint density at radius 3 is 2.69 bits per heavy atom. The highest BCUT2D eigenvalue weighted by Crippen LogP contribution is 2.27. The Balaban J connectivity index is 1.67. The van der Waals surface area contributed by atoms with Gasteiger partial charge in [0, 0.05) is 44.0 Å². The van der Waals surface area contributed by atoms with Crippen LogP contribution in [0, 0.1) is 17.7 Å². The zero-order valence-electron chi connectivity index (χ0n) is 15.1. The molecule has 142 valence electrons. The molecule has 26 heavy (non-hydrogen) atoms. The first-order chi connectivity index (χ1) is 12.5. The van der Waals surface area contributed by atoms with Crippen LogP contribution in [-0.2, 0) is 11.3 Å². The van der Waals surface area contributed by atoms with Crippen molar-refractivity contribution in [2.45, 2.75) is 32.7 Å². The molecule has 2 N–H and O–H groups in total. The van der Waals surface area contributed by atoms with Crippen LogP contribution in [0.25, 0.3) is 0 Å². The molecule has 1 aromatic carbocycles. The second-order valence-corrected chi connectivity index (χ2v) is 7.37. The summed E-state index contributed by atoms with van der Waals surface area (Å²) in [5, 5.41) is 12.0. The molecule has 2 aliphatic heterocycles. The number of nitrogens with one attached hydrogen (secondary N) is 1. The average Bonchev–Trinajstić information content (AvgIpc) is 3.14. The largest absolute Gasteiger partial charge is 0.481 e. The number of hydrogen-bond acceptors (Lipinski definition) is 3. The lowest BCUT2D eigenvalue weighted by atomic mass is 9.91. The topological polar surface area (TPSA) is 72.9 Å². The number of carbonyl (C=O) groups is 2. The summed E-state index contributed by atoms with van der Waals surface area (Å²) in [4.78, 5) is 27.5. The number of nitrogens with zero attached hydrogens (tertiary/aromatic N) is 2. The number of rotatable bonds is 4. The molecule has 2 amide bonds. The van der Waals surface area contributed by atoms with Crippen molar-refractivity contribution in [2.75, 3.05) is 31.1 Å². The summed E-state index contributed by atoms with van der Waals surface area (Å²) in [5.41, 5.74) is 1.32. The maximum Gasteiger partial charge on any atom is 0.317 e. The third-order valence-corrected chi connectivity index (χ3v) is 5.25. The normalized spacial score (nSPS) is 23.2. The van der Waals surface area contributed by atoms with E-state index in [2.05, 4.69) is 10.2 Å². The van der Waals surface area contributed by atoms with E-state index in [1.54, 1.807) is 6.07 Å². The number of anilines is 1. The van der Waals surface area contributed by atoms with Crippen molar-refractivity contribution in [2.24, 2.45) is 11.8 Å². The van der Waals surface area contributed by atoms with Gasteiger partial charge in [-0.15, -0.1) is 0 Å². The highest BCUT2D eigenvalue weighted by molar-refractivity contribution is 5.77. The molecule has 2 saturated heterocycles. The first-order valence-electron chi connectivity index (χ1n) is 9.23. The van der Waals surface area contributed by atoms with Gasteiger partial charge in [-0.3, -0.25) is 4.79 Å². The SMILES string of the molecule is CC1CC(C(=O)O)CN(C(=O)NCc2c(F)cccc2N2CCCC2)C1. The quantitative estimate of drug-likeness (QED) is 0.863. The molecule has 2 fully saturated rings. The van der Waals surface area contributed by atoms with Crippen molar-refractivity contribution >= 4 is 17.7 Å². The van der Waals surface area contributed by atoms with E-state index in [1.165, 1.54) is 11.0 Å². The fourth-order valence-corrected chi connectivity index (χ4v) is 3.95. The van der Waals surface area contributed by atoms with Crippen molar-refractivity contribution in [3.63, 3.8) is 0 Å². The zero-order valence-corrected chi connectivity index (χ0v) is 15.1. The lowest BCUT2D eigenvalue weighted by Crippen LogP contribution is -2.49. The Hall–Kier alpha value is -2.31. The summed E-state index contributed by atoms with van der Waals surface area (Å²) in [5.74, 6) is -1.62. The summed E-state index contributed by atoms with van der Waals surface area (Å²) in [7, 11) is 0. The monoisotopic (exact) mass is 363 g/mol. The number of carbonyl (C=O) groups excluding carboxylic acids is 1. The van der Waals surface area contributed by atoms with E-state index >= 15 is 0 Å². The fourth-order valence-electron chi connectivity index (χ4n) is 3.95. The second-order valence-electron chi connectivity index (χ2n) is 7.37. The Labute approximate surface area is 153 Å². The van der Waals surface area contributed by atoms with Crippen molar-refractivity contribution < 1.29 is 19.1 Å². The van der Waals surface area contributed by atoms with Crippen molar-refractivity contribution in [3.05, 3.63) is 29.6 Å². The number of piperidine rings is 1. The number of hydrogen-bond donors (Lipinski definition) is 2. The average molecular weight is 363 g/mol. The lowest BCUT2D eigenvalue weighted by Gasteiger charge is -2.34. The molecular weight excluding hydrogens is 337 g/mol. The predicted octanol–water partition coefficient (Wildman–Crippen LogP) is 2.68. The first-order valence-corrected chi connectivity index (χ1v) is 9.23. The number of benzene rings is 1. The van der Waals surface area contributed by atoms with Crippen LogP contribution < -0.4 is 10.2 Å². The second kappa shape index (κ2) is 7.93. The van der Waals surface area contributed by atoms with Crippen LogP contribution in [0.3, 0.4) is 0 Å². The molecule has 0 aromatic heterocycles. The zero-order chi connectivity index (χ0) is 18.7. The number of urea groups is 1. The van der Waals surface area contributed by atoms with Gasteiger partial charge in [0.2, 0.25) is 0 Å². The summed E-state index contributed by atoms with van der Waals surface area (Å²) in [6, 6.07) is 4.65. The smallest absolute Gasteiger partial charge is 0.317 e. The number of halogens is 1. The Morgan fingerprint density at radius 1 is 1.27 bits per heavy atom. The van der Waals surface area contributed by atoms with Crippen LogP contribution in [0.1, 0.15) is 31.7 Å². The predicted molar refractivity (Wildman–Crippen MR) is 96.6 cm³/mol. The fraction of sp³-hybridized carbons (Fsp3) is 0.579. The standard InChI is InChI=1S/C19H26FN3O3/c1-13-9-14(18(24)25)12-23(11-13)19(26)21-10-15-16(20)5-4-6-17(15)22-7-2-3-8-22/h4-6,13-14H,2-3,7-12H2,1H3,(H,21,26)(H,24,25). The van der Waals surface area contributed by atoms with Crippen LogP contribution in [0.2, 0.25) is 0 Å². The highest BCUT2D eigenvalue weighted by atomic mass is 19.1. The summed E-state index contributed by atoms with van der Waals surface area (Å²) in [6.45, 7) is 4.55. The molecule has 7 heteroatoms. The van der Waals surface area contributed by atoms with Crippen LogP contribution in [0.15, 0.2) is 18.2 Å². The van der Waals surface area contributed by atoms with Gasteiger partial charge < -0.3 is 20.2 Å². The molecular formula is C19H26FN3O3.